The molecule has 0 aromatic rings. The molecule has 0 aliphatic carbocycles. The third-order valence-corrected chi connectivity index (χ3v) is 2.03. The van der Waals surface area contributed by atoms with Gasteiger partial charge in [0.1, 0.15) is 0 Å². The lowest BCUT2D eigenvalue weighted by Crippen LogP contribution is -2.34. The van der Waals surface area contributed by atoms with E-state index in [1.807, 2.05) is 0 Å². The number of rotatable bonds is 7. The van der Waals surface area contributed by atoms with Crippen molar-refractivity contribution in [2.45, 2.75) is 26.3 Å². The maximum Gasteiger partial charge on any atom is 0.0443 e. The summed E-state index contributed by atoms with van der Waals surface area (Å²) in [6.45, 7) is 7.66. The SMILES string of the molecule is CC(C)N(C)CCNCCCO. The third-order valence-electron chi connectivity index (χ3n) is 2.03. The minimum atomic E-state index is 0.285. The normalized spacial score (nSPS) is 11.5. The summed E-state index contributed by atoms with van der Waals surface area (Å²) in [5.41, 5.74) is 0. The highest BCUT2D eigenvalue weighted by Gasteiger charge is 2.00. The Labute approximate surface area is 75.8 Å². The van der Waals surface area contributed by atoms with Crippen LogP contribution in [0.15, 0.2) is 0 Å². The molecule has 0 aliphatic heterocycles. The summed E-state index contributed by atoms with van der Waals surface area (Å²) in [5, 5.41) is 11.8. The van der Waals surface area contributed by atoms with Crippen LogP contribution in [0.1, 0.15) is 20.3 Å². The van der Waals surface area contributed by atoms with Gasteiger partial charge >= 0.3 is 0 Å². The van der Waals surface area contributed by atoms with Crippen LogP contribution in [-0.2, 0) is 0 Å². The van der Waals surface area contributed by atoms with Crippen molar-refractivity contribution in [3.05, 3.63) is 0 Å². The summed E-state index contributed by atoms with van der Waals surface area (Å²) in [6, 6.07) is 0.615. The monoisotopic (exact) mass is 174 g/mol. The van der Waals surface area contributed by atoms with Gasteiger partial charge in [-0.25, -0.2) is 0 Å². The van der Waals surface area contributed by atoms with Crippen molar-refractivity contribution < 1.29 is 5.11 Å². The number of aliphatic hydroxyl groups is 1. The minimum Gasteiger partial charge on any atom is -0.396 e. The Kier molecular flexibility index (Phi) is 7.45. The molecule has 0 radical (unpaired) electrons. The van der Waals surface area contributed by atoms with Crippen LogP contribution in [-0.4, -0.2) is 49.3 Å². The van der Waals surface area contributed by atoms with Crippen LogP contribution >= 0.6 is 0 Å². The minimum absolute atomic E-state index is 0.285. The second-order valence-electron chi connectivity index (χ2n) is 3.40. The number of aliphatic hydroxyl groups excluding tert-OH is 1. The first-order chi connectivity index (χ1) is 5.68. The molecule has 0 spiro atoms. The molecule has 0 bridgehead atoms. The van der Waals surface area contributed by atoms with Crippen molar-refractivity contribution in [3.8, 4) is 0 Å². The van der Waals surface area contributed by atoms with E-state index in [4.69, 9.17) is 5.11 Å². The van der Waals surface area contributed by atoms with E-state index in [0.29, 0.717) is 6.04 Å². The molecule has 3 heteroatoms. The van der Waals surface area contributed by atoms with Crippen molar-refractivity contribution >= 4 is 0 Å². The Bertz CT molecular complexity index is 96.5. The molecule has 3 nitrogen and oxygen atoms in total. The van der Waals surface area contributed by atoms with Gasteiger partial charge in [-0.15, -0.1) is 0 Å². The highest BCUT2D eigenvalue weighted by Crippen LogP contribution is 1.90. The first kappa shape index (κ1) is 11.9. The summed E-state index contributed by atoms with van der Waals surface area (Å²) < 4.78 is 0. The molecule has 0 fully saturated rings. The maximum absolute atomic E-state index is 8.51. The fourth-order valence-corrected chi connectivity index (χ4v) is 0.843. The molecular weight excluding hydrogens is 152 g/mol. The van der Waals surface area contributed by atoms with E-state index >= 15 is 0 Å². The van der Waals surface area contributed by atoms with Crippen LogP contribution in [0.25, 0.3) is 0 Å². The van der Waals surface area contributed by atoms with Crippen LogP contribution in [0.4, 0.5) is 0 Å². The smallest absolute Gasteiger partial charge is 0.0443 e. The molecular formula is C9H22N2O. The fourth-order valence-electron chi connectivity index (χ4n) is 0.843. The molecule has 0 amide bonds. The molecule has 0 aliphatic rings. The van der Waals surface area contributed by atoms with Gasteiger partial charge in [-0.2, -0.15) is 0 Å². The first-order valence-corrected chi connectivity index (χ1v) is 4.70. The predicted molar refractivity (Wildman–Crippen MR) is 52.3 cm³/mol. The zero-order chi connectivity index (χ0) is 9.40. The van der Waals surface area contributed by atoms with Crippen molar-refractivity contribution in [1.29, 1.82) is 0 Å². The highest BCUT2D eigenvalue weighted by molar-refractivity contribution is 4.58. The first-order valence-electron chi connectivity index (χ1n) is 4.70. The van der Waals surface area contributed by atoms with Crippen molar-refractivity contribution in [2.75, 3.05) is 33.3 Å². The standard InChI is InChI=1S/C9H22N2O/c1-9(2)11(3)7-6-10-5-4-8-12/h9-10,12H,4-8H2,1-3H3. The molecule has 0 saturated heterocycles. The molecule has 12 heavy (non-hydrogen) atoms. The Morgan fingerprint density at radius 2 is 2.00 bits per heavy atom. The zero-order valence-electron chi connectivity index (χ0n) is 8.51. The quantitative estimate of drug-likeness (QED) is 0.545. The number of hydrogen-bond acceptors (Lipinski definition) is 3. The van der Waals surface area contributed by atoms with E-state index in [1.54, 1.807) is 0 Å². The number of nitrogens with one attached hydrogen (secondary N) is 1. The van der Waals surface area contributed by atoms with Crippen molar-refractivity contribution in [1.82, 2.24) is 10.2 Å². The summed E-state index contributed by atoms with van der Waals surface area (Å²) in [5.74, 6) is 0. The van der Waals surface area contributed by atoms with Gasteiger partial charge in [0.2, 0.25) is 0 Å². The van der Waals surface area contributed by atoms with E-state index in [2.05, 4.69) is 31.1 Å². The van der Waals surface area contributed by atoms with E-state index < -0.39 is 0 Å². The van der Waals surface area contributed by atoms with Crippen LogP contribution < -0.4 is 5.32 Å². The topological polar surface area (TPSA) is 35.5 Å². The molecule has 0 saturated carbocycles. The lowest BCUT2D eigenvalue weighted by Gasteiger charge is -2.20. The summed E-state index contributed by atoms with van der Waals surface area (Å²) in [6.07, 6.45) is 0.853. The van der Waals surface area contributed by atoms with E-state index in [-0.39, 0.29) is 6.61 Å². The van der Waals surface area contributed by atoms with E-state index in [1.165, 1.54) is 0 Å². The fraction of sp³-hybridized carbons (Fsp3) is 1.00. The average molecular weight is 174 g/mol. The summed E-state index contributed by atoms with van der Waals surface area (Å²) >= 11 is 0. The van der Waals surface area contributed by atoms with E-state index in [0.717, 1.165) is 26.1 Å². The Morgan fingerprint density at radius 3 is 2.50 bits per heavy atom. The van der Waals surface area contributed by atoms with Gasteiger partial charge in [0.15, 0.2) is 0 Å². The average Bonchev–Trinajstić information content (AvgIpc) is 2.03. The van der Waals surface area contributed by atoms with Crippen LogP contribution in [0.3, 0.4) is 0 Å². The molecule has 2 N–H and O–H groups in total. The second kappa shape index (κ2) is 7.53. The van der Waals surface area contributed by atoms with Gasteiger partial charge in [-0.05, 0) is 33.9 Å². The van der Waals surface area contributed by atoms with Gasteiger partial charge in [-0.3, -0.25) is 0 Å². The number of likely N-dealkylation sites (N-methyl/N-ethyl adjacent to an activating group) is 1. The summed E-state index contributed by atoms with van der Waals surface area (Å²) in [7, 11) is 2.12. The number of nitrogens with zero attached hydrogens (tertiary/aromatic N) is 1. The van der Waals surface area contributed by atoms with Crippen molar-refractivity contribution in [2.24, 2.45) is 0 Å². The molecule has 74 valence electrons. The molecule has 0 aromatic carbocycles. The van der Waals surface area contributed by atoms with Crippen LogP contribution in [0.2, 0.25) is 0 Å². The van der Waals surface area contributed by atoms with Crippen LogP contribution in [0.5, 0.6) is 0 Å². The lowest BCUT2D eigenvalue weighted by atomic mass is 10.3. The van der Waals surface area contributed by atoms with Gasteiger partial charge in [0.05, 0.1) is 0 Å². The molecule has 0 atom stereocenters. The Balaban J connectivity index is 3.08. The Hall–Kier alpha value is -0.120. The maximum atomic E-state index is 8.51. The van der Waals surface area contributed by atoms with Gasteiger partial charge < -0.3 is 15.3 Å². The van der Waals surface area contributed by atoms with E-state index in [9.17, 15) is 0 Å². The third kappa shape index (κ3) is 6.58. The van der Waals surface area contributed by atoms with Crippen LogP contribution in [0, 0.1) is 0 Å². The largest absolute Gasteiger partial charge is 0.396 e. The van der Waals surface area contributed by atoms with Gasteiger partial charge in [0.25, 0.3) is 0 Å². The lowest BCUT2D eigenvalue weighted by molar-refractivity contribution is 0.265. The molecule has 0 unspecified atom stereocenters. The molecule has 0 aromatic heterocycles. The predicted octanol–water partition coefficient (Wildman–Crippen LogP) is 0.299. The van der Waals surface area contributed by atoms with Crippen molar-refractivity contribution in [3.63, 3.8) is 0 Å². The highest BCUT2D eigenvalue weighted by atomic mass is 16.3. The molecule has 0 heterocycles. The summed E-state index contributed by atoms with van der Waals surface area (Å²) in [4.78, 5) is 2.30. The number of hydrogen-bond donors (Lipinski definition) is 2. The van der Waals surface area contributed by atoms with Gasteiger partial charge in [-0.1, -0.05) is 0 Å². The molecule has 0 rings (SSSR count). The second-order valence-corrected chi connectivity index (χ2v) is 3.40. The van der Waals surface area contributed by atoms with Gasteiger partial charge in [0, 0.05) is 25.7 Å². The Morgan fingerprint density at radius 1 is 1.33 bits per heavy atom. The zero-order valence-corrected chi connectivity index (χ0v) is 8.51.